The van der Waals surface area contributed by atoms with Crippen molar-refractivity contribution in [2.24, 2.45) is 11.8 Å². The zero-order valence-corrected chi connectivity index (χ0v) is 11.9. The van der Waals surface area contributed by atoms with Gasteiger partial charge < -0.3 is 4.74 Å². The third-order valence-corrected chi connectivity index (χ3v) is 4.78. The molecule has 3 atom stereocenters. The predicted molar refractivity (Wildman–Crippen MR) is 79.2 cm³/mol. The molecule has 106 valence electrons. The highest BCUT2D eigenvalue weighted by Crippen LogP contribution is 2.46. The maximum atomic E-state index is 12.1. The monoisotopic (exact) mass is 270 g/mol. The molecule has 2 fully saturated rings. The predicted octanol–water partition coefficient (Wildman–Crippen LogP) is 3.91. The highest BCUT2D eigenvalue weighted by Gasteiger charge is 2.41. The van der Waals surface area contributed by atoms with Gasteiger partial charge in [-0.25, -0.2) is 4.79 Å². The summed E-state index contributed by atoms with van der Waals surface area (Å²) in [5.74, 6) is 1.24. The second-order valence-corrected chi connectivity index (χ2v) is 6.21. The molecule has 0 amide bonds. The van der Waals surface area contributed by atoms with Crippen molar-refractivity contribution in [3.05, 3.63) is 48.0 Å². The van der Waals surface area contributed by atoms with E-state index in [1.54, 1.807) is 0 Å². The van der Waals surface area contributed by atoms with Gasteiger partial charge in [0.15, 0.2) is 0 Å². The van der Waals surface area contributed by atoms with Crippen molar-refractivity contribution in [3.63, 3.8) is 0 Å². The second kappa shape index (κ2) is 5.82. The lowest BCUT2D eigenvalue weighted by atomic mass is 9.97. The second-order valence-electron chi connectivity index (χ2n) is 6.21. The average Bonchev–Trinajstić information content (AvgIpc) is 3.08. The quantitative estimate of drug-likeness (QED) is 0.599. The van der Waals surface area contributed by atoms with Crippen LogP contribution in [0.2, 0.25) is 0 Å². The topological polar surface area (TPSA) is 26.3 Å². The van der Waals surface area contributed by atoms with Crippen molar-refractivity contribution in [1.82, 2.24) is 0 Å². The van der Waals surface area contributed by atoms with Gasteiger partial charge in [0.2, 0.25) is 0 Å². The van der Waals surface area contributed by atoms with Crippen LogP contribution in [-0.4, -0.2) is 12.1 Å². The molecular weight excluding hydrogens is 248 g/mol. The van der Waals surface area contributed by atoms with Gasteiger partial charge in [-0.05, 0) is 55.9 Å². The summed E-state index contributed by atoms with van der Waals surface area (Å²) in [4.78, 5) is 12.1. The molecule has 2 saturated carbocycles. The summed E-state index contributed by atoms with van der Waals surface area (Å²) >= 11 is 0. The number of esters is 1. The largest absolute Gasteiger partial charge is 0.459 e. The Hall–Kier alpha value is -1.57. The molecule has 0 saturated heterocycles. The molecule has 2 bridgehead atoms. The van der Waals surface area contributed by atoms with E-state index in [2.05, 4.69) is 18.7 Å². The van der Waals surface area contributed by atoms with Crippen LogP contribution in [0.15, 0.2) is 42.5 Å². The number of ether oxygens (including phenoxy) is 1. The van der Waals surface area contributed by atoms with Crippen LogP contribution in [0.25, 0.3) is 0 Å². The first-order valence-corrected chi connectivity index (χ1v) is 7.65. The van der Waals surface area contributed by atoms with E-state index in [0.29, 0.717) is 17.9 Å². The number of carbonyl (C=O) groups excluding carboxylic acids is 1. The zero-order valence-electron chi connectivity index (χ0n) is 11.9. The molecule has 1 aromatic carbocycles. The Bertz CT molecular complexity index is 491. The Balaban J connectivity index is 1.46. The third-order valence-electron chi connectivity index (χ3n) is 4.78. The van der Waals surface area contributed by atoms with Crippen LogP contribution in [0.1, 0.15) is 37.7 Å². The van der Waals surface area contributed by atoms with Gasteiger partial charge in [0, 0.05) is 5.57 Å². The molecule has 0 spiro atoms. The van der Waals surface area contributed by atoms with E-state index in [1.165, 1.54) is 24.8 Å². The number of carbonyl (C=O) groups is 1. The van der Waals surface area contributed by atoms with Gasteiger partial charge in [0.25, 0.3) is 0 Å². The zero-order chi connectivity index (χ0) is 13.9. The van der Waals surface area contributed by atoms with E-state index in [-0.39, 0.29) is 12.1 Å². The van der Waals surface area contributed by atoms with Gasteiger partial charge in [-0.3, -0.25) is 0 Å². The van der Waals surface area contributed by atoms with Crippen molar-refractivity contribution in [2.45, 2.75) is 44.6 Å². The summed E-state index contributed by atoms with van der Waals surface area (Å²) in [6, 6.07) is 10.2. The molecule has 2 nitrogen and oxygen atoms in total. The molecule has 2 heteroatoms. The molecule has 20 heavy (non-hydrogen) atoms. The Kier molecular flexibility index (Phi) is 3.90. The van der Waals surface area contributed by atoms with Crippen LogP contribution >= 0.6 is 0 Å². The van der Waals surface area contributed by atoms with Gasteiger partial charge in [-0.1, -0.05) is 36.9 Å². The Labute approximate surface area is 120 Å². The van der Waals surface area contributed by atoms with Gasteiger partial charge in [0.1, 0.15) is 6.10 Å². The summed E-state index contributed by atoms with van der Waals surface area (Å²) in [5.41, 5.74) is 1.85. The Morgan fingerprint density at radius 1 is 1.20 bits per heavy atom. The average molecular weight is 270 g/mol. The van der Waals surface area contributed by atoms with E-state index in [0.717, 1.165) is 18.8 Å². The number of benzene rings is 1. The minimum absolute atomic E-state index is 0.162. The molecule has 0 N–H and O–H groups in total. The first-order chi connectivity index (χ1) is 9.72. The first-order valence-electron chi connectivity index (χ1n) is 7.65. The van der Waals surface area contributed by atoms with Crippen molar-refractivity contribution in [1.29, 1.82) is 0 Å². The molecule has 0 aromatic heterocycles. The Morgan fingerprint density at radius 3 is 2.65 bits per heavy atom. The van der Waals surface area contributed by atoms with E-state index in [1.807, 2.05) is 18.2 Å². The smallest absolute Gasteiger partial charge is 0.333 e. The van der Waals surface area contributed by atoms with Crippen molar-refractivity contribution in [3.8, 4) is 0 Å². The third kappa shape index (κ3) is 2.95. The van der Waals surface area contributed by atoms with E-state index >= 15 is 0 Å². The van der Waals surface area contributed by atoms with Crippen LogP contribution in [-0.2, 0) is 16.0 Å². The molecule has 0 aliphatic heterocycles. The van der Waals surface area contributed by atoms with Gasteiger partial charge in [-0.2, -0.15) is 0 Å². The SMILES string of the molecule is C=C(CCc1ccccc1)C(=O)OC1CC2CCC1C2. The molecule has 0 heterocycles. The van der Waals surface area contributed by atoms with E-state index in [9.17, 15) is 4.79 Å². The first kappa shape index (κ1) is 13.4. The Morgan fingerprint density at radius 2 is 2.00 bits per heavy atom. The molecule has 3 rings (SSSR count). The molecule has 3 unspecified atom stereocenters. The summed E-state index contributed by atoms with van der Waals surface area (Å²) in [5, 5.41) is 0. The van der Waals surface area contributed by atoms with Crippen LogP contribution < -0.4 is 0 Å². The fraction of sp³-hybridized carbons (Fsp3) is 0.500. The number of hydrogen-bond donors (Lipinski definition) is 0. The standard InChI is InChI=1S/C18H22O2/c1-13(7-8-14-5-3-2-4-6-14)18(19)20-17-12-15-9-10-16(17)11-15/h2-6,15-17H,1,7-12H2. The number of aryl methyl sites for hydroxylation is 1. The minimum Gasteiger partial charge on any atom is -0.459 e. The lowest BCUT2D eigenvalue weighted by Gasteiger charge is -2.22. The highest BCUT2D eigenvalue weighted by atomic mass is 16.5. The molecular formula is C18H22O2. The molecule has 2 aliphatic carbocycles. The van der Waals surface area contributed by atoms with E-state index in [4.69, 9.17) is 4.74 Å². The summed E-state index contributed by atoms with van der Waals surface area (Å²) < 4.78 is 5.66. The summed E-state index contributed by atoms with van der Waals surface area (Å²) in [7, 11) is 0. The maximum absolute atomic E-state index is 12.1. The van der Waals surface area contributed by atoms with E-state index < -0.39 is 0 Å². The van der Waals surface area contributed by atoms with Crippen LogP contribution in [0.5, 0.6) is 0 Å². The van der Waals surface area contributed by atoms with Crippen molar-refractivity contribution < 1.29 is 9.53 Å². The number of hydrogen-bond acceptors (Lipinski definition) is 2. The summed E-state index contributed by atoms with van der Waals surface area (Å²) in [6.45, 7) is 3.90. The van der Waals surface area contributed by atoms with Crippen LogP contribution in [0.3, 0.4) is 0 Å². The van der Waals surface area contributed by atoms with Crippen LogP contribution in [0, 0.1) is 11.8 Å². The summed E-state index contributed by atoms with van der Waals surface area (Å²) in [6.07, 6.45) is 6.59. The minimum atomic E-state index is -0.182. The van der Waals surface area contributed by atoms with Crippen molar-refractivity contribution in [2.75, 3.05) is 0 Å². The molecule has 0 radical (unpaired) electrons. The van der Waals surface area contributed by atoms with Crippen molar-refractivity contribution >= 4 is 5.97 Å². The fourth-order valence-electron chi connectivity index (χ4n) is 3.59. The molecule has 2 aliphatic rings. The van der Waals surface area contributed by atoms with Crippen LogP contribution in [0.4, 0.5) is 0 Å². The van der Waals surface area contributed by atoms with Gasteiger partial charge >= 0.3 is 5.97 Å². The number of rotatable bonds is 5. The molecule has 1 aromatic rings. The lowest BCUT2D eigenvalue weighted by Crippen LogP contribution is -2.24. The normalized spacial score (nSPS) is 27.5. The fourth-order valence-corrected chi connectivity index (χ4v) is 3.59. The van der Waals surface area contributed by atoms with Gasteiger partial charge in [0.05, 0.1) is 0 Å². The highest BCUT2D eigenvalue weighted by molar-refractivity contribution is 5.87. The lowest BCUT2D eigenvalue weighted by molar-refractivity contribution is -0.146. The maximum Gasteiger partial charge on any atom is 0.333 e. The number of fused-ring (bicyclic) bond motifs is 2. The van der Waals surface area contributed by atoms with Gasteiger partial charge in [-0.15, -0.1) is 0 Å².